The number of benzene rings is 3. The van der Waals surface area contributed by atoms with Gasteiger partial charge in [0.25, 0.3) is 5.91 Å². The molecule has 0 aliphatic carbocycles. The van der Waals surface area contributed by atoms with Crippen LogP contribution >= 0.6 is 23.1 Å². The lowest BCUT2D eigenvalue weighted by Crippen LogP contribution is -2.19. The average molecular weight is 443 g/mol. The summed E-state index contributed by atoms with van der Waals surface area (Å²) in [6, 6.07) is 25.9. The first kappa shape index (κ1) is 19.6. The maximum Gasteiger partial charge on any atom is 0.264 e. The fraction of sp³-hybridized carbons (Fsp3) is 0.0400. The van der Waals surface area contributed by atoms with Crippen LogP contribution in [-0.4, -0.2) is 11.1 Å². The van der Waals surface area contributed by atoms with Crippen molar-refractivity contribution < 1.29 is 9.53 Å². The quantitative estimate of drug-likeness (QED) is 0.365. The first-order chi connectivity index (χ1) is 15.2. The molecule has 1 amide bonds. The van der Waals surface area contributed by atoms with Crippen LogP contribution in [0.25, 0.3) is 16.8 Å². The number of nitrogens with zero attached hydrogens (tertiary/aromatic N) is 1. The van der Waals surface area contributed by atoms with Gasteiger partial charge in [-0.1, -0.05) is 48.5 Å². The predicted octanol–water partition coefficient (Wildman–Crippen LogP) is 6.37. The molecule has 0 atom stereocenters. The normalized spacial score (nSPS) is 16.2. The summed E-state index contributed by atoms with van der Waals surface area (Å²) in [5, 5.41) is 7.66. The van der Waals surface area contributed by atoms with Crippen molar-refractivity contribution in [1.29, 1.82) is 0 Å². The topological polar surface area (TPSA) is 50.7 Å². The lowest BCUT2D eigenvalue weighted by Gasteiger charge is -2.11. The molecule has 0 bridgehead atoms. The molecule has 1 N–H and O–H groups in total. The van der Waals surface area contributed by atoms with Crippen LogP contribution in [0.5, 0.6) is 5.75 Å². The summed E-state index contributed by atoms with van der Waals surface area (Å²) in [5.41, 5.74) is 1.67. The van der Waals surface area contributed by atoms with Crippen molar-refractivity contribution in [3.05, 3.63) is 99.6 Å². The molecule has 1 aliphatic rings. The van der Waals surface area contributed by atoms with Crippen LogP contribution in [0.3, 0.4) is 0 Å². The van der Waals surface area contributed by atoms with Crippen molar-refractivity contribution >= 4 is 56.7 Å². The second-order valence-corrected chi connectivity index (χ2v) is 8.99. The van der Waals surface area contributed by atoms with E-state index in [0.717, 1.165) is 32.6 Å². The maximum atomic E-state index is 12.6. The highest BCUT2D eigenvalue weighted by atomic mass is 32.2. The minimum atomic E-state index is -0.156. The van der Waals surface area contributed by atoms with E-state index in [9.17, 15) is 4.79 Å². The van der Waals surface area contributed by atoms with Crippen molar-refractivity contribution in [2.45, 2.75) is 6.61 Å². The summed E-state index contributed by atoms with van der Waals surface area (Å²) in [5.74, 6) is 0.596. The molecule has 6 heteroatoms. The molecule has 0 unspecified atom stereocenters. The van der Waals surface area contributed by atoms with E-state index < -0.39 is 0 Å². The van der Waals surface area contributed by atoms with E-state index in [1.165, 1.54) is 11.8 Å². The second kappa shape index (κ2) is 8.79. The third-order valence-electron chi connectivity index (χ3n) is 4.75. The highest BCUT2D eigenvalue weighted by molar-refractivity contribution is 8.18. The third kappa shape index (κ3) is 4.55. The zero-order valence-corrected chi connectivity index (χ0v) is 18.1. The molecule has 4 aromatic rings. The smallest absolute Gasteiger partial charge is 0.264 e. The fourth-order valence-electron chi connectivity index (χ4n) is 3.26. The predicted molar refractivity (Wildman–Crippen MR) is 130 cm³/mol. The van der Waals surface area contributed by atoms with Crippen LogP contribution in [0, 0.1) is 0 Å². The van der Waals surface area contributed by atoms with E-state index in [1.54, 1.807) is 11.3 Å². The first-order valence-electron chi connectivity index (χ1n) is 9.77. The van der Waals surface area contributed by atoms with E-state index >= 15 is 0 Å². The molecular formula is C25H18N2O2S2. The Labute approximate surface area is 188 Å². The molecule has 152 valence electrons. The van der Waals surface area contributed by atoms with E-state index in [0.29, 0.717) is 16.7 Å². The summed E-state index contributed by atoms with van der Waals surface area (Å²) >= 11 is 3.00. The van der Waals surface area contributed by atoms with E-state index in [1.807, 2.05) is 66.1 Å². The molecule has 0 spiro atoms. The zero-order chi connectivity index (χ0) is 21.0. The number of amidine groups is 1. The Morgan fingerprint density at radius 2 is 1.71 bits per heavy atom. The van der Waals surface area contributed by atoms with Crippen LogP contribution in [-0.2, 0) is 11.4 Å². The molecule has 1 fully saturated rings. The number of thioether (sulfide) groups is 1. The largest absolute Gasteiger partial charge is 0.487 e. The fourth-order valence-corrected chi connectivity index (χ4v) is 4.71. The molecule has 2 heterocycles. The van der Waals surface area contributed by atoms with Crippen molar-refractivity contribution in [3.8, 4) is 5.75 Å². The Morgan fingerprint density at radius 3 is 2.48 bits per heavy atom. The number of thiophene rings is 1. The zero-order valence-electron chi connectivity index (χ0n) is 16.4. The minimum absolute atomic E-state index is 0.156. The van der Waals surface area contributed by atoms with Crippen molar-refractivity contribution in [1.82, 2.24) is 5.32 Å². The van der Waals surface area contributed by atoms with Crippen molar-refractivity contribution in [3.63, 3.8) is 0 Å². The van der Waals surface area contributed by atoms with E-state index in [2.05, 4.69) is 34.6 Å². The number of para-hydroxylation sites is 1. The van der Waals surface area contributed by atoms with Gasteiger partial charge >= 0.3 is 0 Å². The maximum absolute atomic E-state index is 12.6. The van der Waals surface area contributed by atoms with E-state index in [-0.39, 0.29) is 5.91 Å². The van der Waals surface area contributed by atoms with Crippen LogP contribution in [0.15, 0.2) is 94.1 Å². The lowest BCUT2D eigenvalue weighted by atomic mass is 10.1. The van der Waals surface area contributed by atoms with Gasteiger partial charge in [0.2, 0.25) is 0 Å². The van der Waals surface area contributed by atoms with Crippen molar-refractivity contribution in [2.24, 2.45) is 4.99 Å². The van der Waals surface area contributed by atoms with Crippen LogP contribution in [0.2, 0.25) is 0 Å². The van der Waals surface area contributed by atoms with Gasteiger partial charge in [-0.3, -0.25) is 4.79 Å². The molecule has 1 aliphatic heterocycles. The monoisotopic (exact) mass is 442 g/mol. The summed E-state index contributed by atoms with van der Waals surface area (Å²) < 4.78 is 6.15. The second-order valence-electron chi connectivity index (χ2n) is 6.92. The van der Waals surface area contributed by atoms with Crippen LogP contribution in [0.1, 0.15) is 10.4 Å². The average Bonchev–Trinajstić information content (AvgIpc) is 3.43. The summed E-state index contributed by atoms with van der Waals surface area (Å²) in [6.07, 6.45) is 1.88. The molecular weight excluding hydrogens is 424 g/mol. The number of carbonyl (C=O) groups excluding carboxylic acids is 1. The number of aliphatic imine (C=N–C) groups is 1. The van der Waals surface area contributed by atoms with Gasteiger partial charge in [0, 0.05) is 10.4 Å². The number of hydrogen-bond acceptors (Lipinski definition) is 5. The number of fused-ring (bicyclic) bond motifs is 1. The molecule has 5 rings (SSSR count). The molecule has 0 saturated carbocycles. The Bertz CT molecular complexity index is 1300. The molecule has 31 heavy (non-hydrogen) atoms. The van der Waals surface area contributed by atoms with Gasteiger partial charge in [0.15, 0.2) is 5.17 Å². The number of nitrogens with one attached hydrogen (secondary N) is 1. The number of amides is 1. The molecule has 4 nitrogen and oxygen atoms in total. The van der Waals surface area contributed by atoms with Gasteiger partial charge in [0.05, 0.1) is 10.6 Å². The van der Waals surface area contributed by atoms with Gasteiger partial charge < -0.3 is 10.1 Å². The van der Waals surface area contributed by atoms with E-state index in [4.69, 9.17) is 4.74 Å². The summed E-state index contributed by atoms with van der Waals surface area (Å²) in [7, 11) is 0. The van der Waals surface area contributed by atoms with Gasteiger partial charge in [-0.15, -0.1) is 11.3 Å². The van der Waals surface area contributed by atoms with Gasteiger partial charge in [0.1, 0.15) is 12.4 Å². The van der Waals surface area contributed by atoms with Crippen LogP contribution in [0.4, 0.5) is 5.69 Å². The minimum Gasteiger partial charge on any atom is -0.487 e. The third-order valence-corrected chi connectivity index (χ3v) is 6.51. The first-order valence-corrected chi connectivity index (χ1v) is 11.5. The Morgan fingerprint density at radius 1 is 0.935 bits per heavy atom. The highest BCUT2D eigenvalue weighted by Gasteiger charge is 2.24. The Balaban J connectivity index is 1.48. The molecule has 3 aromatic carbocycles. The number of hydrogen-bond donors (Lipinski definition) is 1. The van der Waals surface area contributed by atoms with Crippen LogP contribution < -0.4 is 10.1 Å². The standard InChI is InChI=1S/C25H18N2O2S2/c28-24-23(31-25(27-24)26-20-9-2-1-3-10-20)15-19-13-17-7-4-5-8-18(17)14-22(19)29-16-21-11-6-12-30-21/h1-15H,16H2,(H,26,27,28). The summed E-state index contributed by atoms with van der Waals surface area (Å²) in [4.78, 5) is 18.8. The highest BCUT2D eigenvalue weighted by Crippen LogP contribution is 2.33. The Hall–Kier alpha value is -3.35. The molecule has 0 radical (unpaired) electrons. The van der Waals surface area contributed by atoms with Gasteiger partial charge in [-0.05, 0) is 64.3 Å². The number of carbonyl (C=O) groups is 1. The SMILES string of the molecule is O=C1NC(=Nc2ccccc2)SC1=Cc1cc2ccccc2cc1OCc1cccs1. The van der Waals surface area contributed by atoms with Gasteiger partial charge in [-0.2, -0.15) is 0 Å². The summed E-state index contributed by atoms with van der Waals surface area (Å²) in [6.45, 7) is 0.492. The lowest BCUT2D eigenvalue weighted by molar-refractivity contribution is -0.115. The molecule has 1 saturated heterocycles. The number of ether oxygens (including phenoxy) is 1. The number of rotatable bonds is 5. The van der Waals surface area contributed by atoms with Gasteiger partial charge in [-0.25, -0.2) is 4.99 Å². The molecule has 1 aromatic heterocycles. The van der Waals surface area contributed by atoms with Crippen molar-refractivity contribution in [2.75, 3.05) is 0 Å². The Kier molecular flexibility index (Phi) is 5.56.